The van der Waals surface area contributed by atoms with Crippen LogP contribution in [0.4, 0.5) is 0 Å². The summed E-state index contributed by atoms with van der Waals surface area (Å²) in [5.41, 5.74) is 0.245. The van der Waals surface area contributed by atoms with Gasteiger partial charge in [0.25, 0.3) is 0 Å². The van der Waals surface area contributed by atoms with E-state index in [1.165, 1.54) is 0 Å². The zero-order valence-electron chi connectivity index (χ0n) is 11.8. The van der Waals surface area contributed by atoms with Crippen LogP contribution in [0.5, 0.6) is 0 Å². The Morgan fingerprint density at radius 3 is 2.65 bits per heavy atom. The van der Waals surface area contributed by atoms with E-state index in [1.54, 1.807) is 4.31 Å². The number of piperidine rings is 1. The molecule has 0 radical (unpaired) electrons. The molecule has 0 aromatic heterocycles. The van der Waals surface area contributed by atoms with Crippen molar-refractivity contribution in [2.75, 3.05) is 38.5 Å². The molecule has 3 aliphatic rings. The molecule has 3 rings (SSSR count). The van der Waals surface area contributed by atoms with Crippen molar-refractivity contribution < 1.29 is 13.2 Å². The Morgan fingerprint density at radius 1 is 1.25 bits per heavy atom. The van der Waals surface area contributed by atoms with Crippen LogP contribution >= 0.6 is 12.4 Å². The monoisotopic (exact) mass is 324 g/mol. The van der Waals surface area contributed by atoms with Gasteiger partial charge in [-0.2, -0.15) is 0 Å². The van der Waals surface area contributed by atoms with Crippen molar-refractivity contribution in [1.82, 2.24) is 9.62 Å². The molecule has 1 unspecified atom stereocenters. The molecule has 0 bridgehead atoms. The van der Waals surface area contributed by atoms with E-state index in [1.807, 2.05) is 0 Å². The minimum atomic E-state index is -3.13. The van der Waals surface area contributed by atoms with Gasteiger partial charge in [-0.25, -0.2) is 12.7 Å². The molecular weight excluding hydrogens is 300 g/mol. The van der Waals surface area contributed by atoms with Crippen LogP contribution in [0.3, 0.4) is 0 Å². The summed E-state index contributed by atoms with van der Waals surface area (Å²) < 4.78 is 32.1. The number of hydrogen-bond acceptors (Lipinski definition) is 4. The third-order valence-electron chi connectivity index (χ3n) is 4.88. The zero-order chi connectivity index (χ0) is 13.3. The highest BCUT2D eigenvalue weighted by Crippen LogP contribution is 2.39. The van der Waals surface area contributed by atoms with Crippen molar-refractivity contribution in [3.63, 3.8) is 0 Å². The largest absolute Gasteiger partial charge is 0.377 e. The van der Waals surface area contributed by atoms with E-state index in [0.717, 1.165) is 58.3 Å². The Kier molecular flexibility index (Phi) is 5.34. The van der Waals surface area contributed by atoms with Gasteiger partial charge < -0.3 is 10.1 Å². The van der Waals surface area contributed by atoms with E-state index in [9.17, 15) is 8.42 Å². The fourth-order valence-corrected chi connectivity index (χ4v) is 5.40. The number of nitrogens with zero attached hydrogens (tertiary/aromatic N) is 1. The van der Waals surface area contributed by atoms with Crippen molar-refractivity contribution in [3.05, 3.63) is 0 Å². The maximum absolute atomic E-state index is 12.4. The Hall–Kier alpha value is 0.120. The van der Waals surface area contributed by atoms with Gasteiger partial charge in [0.2, 0.25) is 10.0 Å². The lowest BCUT2D eigenvalue weighted by Crippen LogP contribution is -2.41. The smallest absolute Gasteiger partial charge is 0.216 e. The molecule has 118 valence electrons. The third kappa shape index (κ3) is 3.47. The van der Waals surface area contributed by atoms with Gasteiger partial charge >= 0.3 is 0 Å². The van der Waals surface area contributed by atoms with E-state index in [2.05, 4.69) is 5.32 Å². The second-order valence-electron chi connectivity index (χ2n) is 6.25. The minimum Gasteiger partial charge on any atom is -0.377 e. The van der Waals surface area contributed by atoms with E-state index in [-0.39, 0.29) is 29.7 Å². The summed E-state index contributed by atoms with van der Waals surface area (Å²) in [4.78, 5) is 0. The molecule has 1 N–H and O–H groups in total. The molecular formula is C13H25ClN2O3S. The highest BCUT2D eigenvalue weighted by atomic mass is 35.5. The molecule has 5 nitrogen and oxygen atoms in total. The molecule has 0 amide bonds. The van der Waals surface area contributed by atoms with Gasteiger partial charge in [0.1, 0.15) is 0 Å². The highest BCUT2D eigenvalue weighted by Gasteiger charge is 2.43. The van der Waals surface area contributed by atoms with Gasteiger partial charge in [-0.1, -0.05) is 0 Å². The predicted molar refractivity (Wildman–Crippen MR) is 80.7 cm³/mol. The Labute approximate surface area is 127 Å². The maximum atomic E-state index is 12.4. The summed E-state index contributed by atoms with van der Waals surface area (Å²) in [6, 6.07) is 0. The lowest BCUT2D eigenvalue weighted by molar-refractivity contribution is 0.126. The molecule has 3 aliphatic heterocycles. The quantitative estimate of drug-likeness (QED) is 0.841. The van der Waals surface area contributed by atoms with Crippen LogP contribution in [0, 0.1) is 5.41 Å². The number of ether oxygens (including phenoxy) is 1. The summed E-state index contributed by atoms with van der Waals surface area (Å²) in [7, 11) is -3.13. The van der Waals surface area contributed by atoms with Crippen LogP contribution in [0.25, 0.3) is 0 Å². The van der Waals surface area contributed by atoms with Crippen LogP contribution in [-0.2, 0) is 14.8 Å². The summed E-state index contributed by atoms with van der Waals surface area (Å²) in [6.45, 7) is 4.20. The number of hydrogen-bond donors (Lipinski definition) is 1. The average Bonchev–Trinajstić information content (AvgIpc) is 3.01. The first kappa shape index (κ1) is 16.5. The standard InChI is InChI=1S/C13H24N2O3S.ClH/c16-19(17,10-12-2-1-9-18-12)15-8-5-13(11-15)3-6-14-7-4-13;/h12,14H,1-11H2;1H. The molecule has 0 saturated carbocycles. The van der Waals surface area contributed by atoms with Crippen LogP contribution in [0.1, 0.15) is 32.1 Å². The SMILES string of the molecule is Cl.O=S(=O)(CC1CCCO1)N1CCC2(CCNCC2)C1. The lowest BCUT2D eigenvalue weighted by atomic mass is 9.78. The molecule has 1 atom stereocenters. The summed E-state index contributed by atoms with van der Waals surface area (Å²) in [5.74, 6) is 0.182. The number of rotatable bonds is 3. The Morgan fingerprint density at radius 2 is 2.00 bits per heavy atom. The fourth-order valence-electron chi connectivity index (χ4n) is 3.61. The Bertz CT molecular complexity index is 417. The van der Waals surface area contributed by atoms with Gasteiger partial charge in [-0.05, 0) is 50.6 Å². The van der Waals surface area contributed by atoms with Crippen molar-refractivity contribution in [1.29, 1.82) is 0 Å². The molecule has 0 aromatic rings. The second-order valence-corrected chi connectivity index (χ2v) is 8.26. The van der Waals surface area contributed by atoms with Crippen LogP contribution in [0.15, 0.2) is 0 Å². The number of sulfonamides is 1. The predicted octanol–water partition coefficient (Wildman–Crippen LogP) is 0.992. The van der Waals surface area contributed by atoms with Crippen molar-refractivity contribution in [2.24, 2.45) is 5.41 Å². The van der Waals surface area contributed by atoms with Gasteiger partial charge in [0, 0.05) is 19.7 Å². The molecule has 3 heterocycles. The second kappa shape index (κ2) is 6.48. The van der Waals surface area contributed by atoms with Crippen molar-refractivity contribution >= 4 is 22.4 Å². The van der Waals surface area contributed by atoms with E-state index in [4.69, 9.17) is 4.74 Å². The van der Waals surface area contributed by atoms with Crippen LogP contribution < -0.4 is 5.32 Å². The first-order valence-corrected chi connectivity index (χ1v) is 9.01. The molecule has 3 fully saturated rings. The fraction of sp³-hybridized carbons (Fsp3) is 1.00. The van der Waals surface area contributed by atoms with Crippen molar-refractivity contribution in [3.8, 4) is 0 Å². The molecule has 0 aliphatic carbocycles. The number of halogens is 1. The van der Waals surface area contributed by atoms with E-state index >= 15 is 0 Å². The van der Waals surface area contributed by atoms with Gasteiger partial charge in [-0.15, -0.1) is 12.4 Å². The van der Waals surface area contributed by atoms with Crippen molar-refractivity contribution in [2.45, 2.75) is 38.2 Å². The van der Waals surface area contributed by atoms with E-state index < -0.39 is 10.0 Å². The molecule has 1 spiro atoms. The van der Waals surface area contributed by atoms with Gasteiger partial charge in [0.15, 0.2) is 0 Å². The average molecular weight is 325 g/mol. The molecule has 3 saturated heterocycles. The van der Waals surface area contributed by atoms with E-state index in [0.29, 0.717) is 6.54 Å². The highest BCUT2D eigenvalue weighted by molar-refractivity contribution is 7.89. The van der Waals surface area contributed by atoms with Gasteiger partial charge in [0.05, 0.1) is 11.9 Å². The Balaban J connectivity index is 0.00000147. The first-order chi connectivity index (χ1) is 9.10. The normalized spacial score (nSPS) is 30.5. The molecule has 0 aromatic carbocycles. The summed E-state index contributed by atoms with van der Waals surface area (Å²) in [6.07, 6.45) is 5.06. The maximum Gasteiger partial charge on any atom is 0.216 e. The summed E-state index contributed by atoms with van der Waals surface area (Å²) >= 11 is 0. The first-order valence-electron chi connectivity index (χ1n) is 7.40. The summed E-state index contributed by atoms with van der Waals surface area (Å²) in [5, 5.41) is 3.36. The number of nitrogens with one attached hydrogen (secondary N) is 1. The van der Waals surface area contributed by atoms with Crippen LogP contribution in [-0.4, -0.2) is 57.4 Å². The lowest BCUT2D eigenvalue weighted by Gasteiger charge is -2.33. The molecule has 7 heteroatoms. The molecule has 20 heavy (non-hydrogen) atoms. The van der Waals surface area contributed by atoms with Gasteiger partial charge in [-0.3, -0.25) is 0 Å². The zero-order valence-corrected chi connectivity index (χ0v) is 13.5. The topological polar surface area (TPSA) is 58.6 Å². The minimum absolute atomic E-state index is 0. The third-order valence-corrected chi connectivity index (χ3v) is 6.77. The van der Waals surface area contributed by atoms with Crippen LogP contribution in [0.2, 0.25) is 0 Å².